The van der Waals surface area contributed by atoms with Crippen LogP contribution < -0.4 is 5.32 Å². The van der Waals surface area contributed by atoms with Gasteiger partial charge in [0.25, 0.3) is 0 Å². The largest absolute Gasteiger partial charge is 0.332 e. The van der Waals surface area contributed by atoms with Gasteiger partial charge in [-0.25, -0.2) is 14.2 Å². The van der Waals surface area contributed by atoms with Crippen molar-refractivity contribution in [3.8, 4) is 0 Å². The molecule has 130 valence electrons. The number of nitrogens with zero attached hydrogens (tertiary/aromatic N) is 3. The number of nitrogens with one attached hydrogen (secondary N) is 1. The van der Waals surface area contributed by atoms with Crippen molar-refractivity contribution in [2.45, 2.75) is 13.0 Å². The van der Waals surface area contributed by atoms with E-state index < -0.39 is 0 Å². The number of hydrogen-bond acceptors (Lipinski definition) is 2. The molecular formula is C18H18ClFN4O. The van der Waals surface area contributed by atoms with E-state index in [4.69, 9.17) is 11.6 Å². The van der Waals surface area contributed by atoms with Gasteiger partial charge in [0, 0.05) is 26.0 Å². The second kappa shape index (κ2) is 7.53. The van der Waals surface area contributed by atoms with Crippen LogP contribution in [0.2, 0.25) is 5.02 Å². The number of benzene rings is 1. The molecule has 0 bridgehead atoms. The maximum Gasteiger partial charge on any atom is 0.317 e. The number of carbonyl (C=O) groups excluding carboxylic acids is 1. The summed E-state index contributed by atoms with van der Waals surface area (Å²) in [6.07, 6.45) is 4.26. The highest BCUT2D eigenvalue weighted by Crippen LogP contribution is 2.11. The van der Waals surface area contributed by atoms with Crippen LogP contribution in [0.1, 0.15) is 11.3 Å². The molecule has 0 saturated carbocycles. The average molecular weight is 361 g/mol. The zero-order valence-corrected chi connectivity index (χ0v) is 14.5. The molecule has 5 nitrogen and oxygen atoms in total. The lowest BCUT2D eigenvalue weighted by molar-refractivity contribution is 0.209. The fourth-order valence-electron chi connectivity index (χ4n) is 2.45. The Hall–Kier alpha value is -2.60. The Labute approximate surface area is 150 Å². The summed E-state index contributed by atoms with van der Waals surface area (Å²) in [6, 6.07) is 9.71. The number of carbonyl (C=O) groups is 1. The van der Waals surface area contributed by atoms with E-state index in [1.807, 2.05) is 16.7 Å². The Morgan fingerprint density at radius 3 is 2.76 bits per heavy atom. The van der Waals surface area contributed by atoms with E-state index in [1.165, 1.54) is 12.1 Å². The number of likely N-dealkylation sites (N-methyl/N-ethyl adjacent to an activating group) is 1. The summed E-state index contributed by atoms with van der Waals surface area (Å²) < 4.78 is 14.7. The highest BCUT2D eigenvalue weighted by Gasteiger charge is 2.09. The summed E-state index contributed by atoms with van der Waals surface area (Å²) in [4.78, 5) is 18.2. The lowest BCUT2D eigenvalue weighted by Crippen LogP contribution is -2.38. The van der Waals surface area contributed by atoms with E-state index >= 15 is 0 Å². The third-order valence-corrected chi connectivity index (χ3v) is 4.10. The first-order valence-corrected chi connectivity index (χ1v) is 8.25. The number of pyridine rings is 1. The average Bonchev–Trinajstić information content (AvgIpc) is 3.00. The number of amides is 2. The minimum Gasteiger partial charge on any atom is -0.332 e. The Bertz CT molecular complexity index is 878. The van der Waals surface area contributed by atoms with E-state index in [0.29, 0.717) is 24.5 Å². The SMILES string of the molecule is CN(CCc1ccc(F)cc1)C(=O)NCc1cn2cc(Cl)ccc2n1. The van der Waals surface area contributed by atoms with E-state index in [9.17, 15) is 9.18 Å². The maximum absolute atomic E-state index is 12.9. The summed E-state index contributed by atoms with van der Waals surface area (Å²) in [7, 11) is 1.72. The van der Waals surface area contributed by atoms with Gasteiger partial charge in [-0.3, -0.25) is 0 Å². The van der Waals surface area contributed by atoms with Crippen LogP contribution in [-0.2, 0) is 13.0 Å². The highest BCUT2D eigenvalue weighted by molar-refractivity contribution is 6.30. The van der Waals surface area contributed by atoms with Gasteiger partial charge in [-0.1, -0.05) is 23.7 Å². The van der Waals surface area contributed by atoms with Crippen LogP contribution >= 0.6 is 11.6 Å². The van der Waals surface area contributed by atoms with Gasteiger partial charge in [-0.05, 0) is 36.2 Å². The van der Waals surface area contributed by atoms with Gasteiger partial charge in [0.15, 0.2) is 0 Å². The third kappa shape index (κ3) is 4.48. The van der Waals surface area contributed by atoms with Crippen molar-refractivity contribution in [1.29, 1.82) is 0 Å². The van der Waals surface area contributed by atoms with Crippen LogP contribution in [0.15, 0.2) is 48.8 Å². The Kier molecular flexibility index (Phi) is 5.19. The molecule has 7 heteroatoms. The minimum absolute atomic E-state index is 0.183. The highest BCUT2D eigenvalue weighted by atomic mass is 35.5. The molecule has 2 amide bonds. The van der Waals surface area contributed by atoms with Gasteiger partial charge in [0.2, 0.25) is 0 Å². The summed E-state index contributed by atoms with van der Waals surface area (Å²) in [5.41, 5.74) is 2.51. The van der Waals surface area contributed by atoms with Gasteiger partial charge < -0.3 is 14.6 Å². The molecule has 0 aliphatic rings. The zero-order chi connectivity index (χ0) is 17.8. The van der Waals surface area contributed by atoms with Crippen molar-refractivity contribution < 1.29 is 9.18 Å². The first-order chi connectivity index (χ1) is 12.0. The van der Waals surface area contributed by atoms with Crippen molar-refractivity contribution >= 4 is 23.3 Å². The Morgan fingerprint density at radius 2 is 2.00 bits per heavy atom. The summed E-state index contributed by atoms with van der Waals surface area (Å²) in [5, 5.41) is 3.46. The molecule has 25 heavy (non-hydrogen) atoms. The molecule has 0 aliphatic heterocycles. The Morgan fingerprint density at radius 1 is 1.24 bits per heavy atom. The second-order valence-electron chi connectivity index (χ2n) is 5.80. The van der Waals surface area contributed by atoms with Gasteiger partial charge in [-0.2, -0.15) is 0 Å². The van der Waals surface area contributed by atoms with Crippen LogP contribution in [0.4, 0.5) is 9.18 Å². The quantitative estimate of drug-likeness (QED) is 0.757. The fourth-order valence-corrected chi connectivity index (χ4v) is 2.62. The number of rotatable bonds is 5. The van der Waals surface area contributed by atoms with Crippen LogP contribution in [-0.4, -0.2) is 33.9 Å². The number of hydrogen-bond donors (Lipinski definition) is 1. The normalized spacial score (nSPS) is 10.8. The number of fused-ring (bicyclic) bond motifs is 1. The van der Waals surface area contributed by atoms with Gasteiger partial charge >= 0.3 is 6.03 Å². The van der Waals surface area contributed by atoms with Crippen LogP contribution in [0.5, 0.6) is 0 Å². The van der Waals surface area contributed by atoms with E-state index in [0.717, 1.165) is 16.9 Å². The van der Waals surface area contributed by atoms with Crippen molar-refractivity contribution in [2.75, 3.05) is 13.6 Å². The number of urea groups is 1. The molecule has 3 rings (SSSR count). The molecule has 0 atom stereocenters. The van der Waals surface area contributed by atoms with Crippen LogP contribution in [0.3, 0.4) is 0 Å². The van der Waals surface area contributed by atoms with Crippen molar-refractivity contribution in [2.24, 2.45) is 0 Å². The molecule has 0 fully saturated rings. The molecular weight excluding hydrogens is 343 g/mol. The van der Waals surface area contributed by atoms with Crippen molar-refractivity contribution in [1.82, 2.24) is 19.6 Å². The predicted molar refractivity (Wildman–Crippen MR) is 95.2 cm³/mol. The monoisotopic (exact) mass is 360 g/mol. The smallest absolute Gasteiger partial charge is 0.317 e. The molecule has 1 N–H and O–H groups in total. The topological polar surface area (TPSA) is 49.6 Å². The molecule has 1 aromatic carbocycles. The molecule has 0 spiro atoms. The first kappa shape index (κ1) is 17.2. The number of halogens is 2. The first-order valence-electron chi connectivity index (χ1n) is 7.88. The third-order valence-electron chi connectivity index (χ3n) is 3.88. The summed E-state index contributed by atoms with van der Waals surface area (Å²) in [5.74, 6) is -0.261. The van der Waals surface area contributed by atoms with Crippen molar-refractivity contribution in [3.05, 3.63) is 70.9 Å². The van der Waals surface area contributed by atoms with E-state index in [-0.39, 0.29) is 11.8 Å². The lowest BCUT2D eigenvalue weighted by atomic mass is 10.1. The lowest BCUT2D eigenvalue weighted by Gasteiger charge is -2.17. The predicted octanol–water partition coefficient (Wildman–Crippen LogP) is 3.51. The molecule has 0 aliphatic carbocycles. The molecule has 3 aromatic rings. The van der Waals surface area contributed by atoms with Crippen LogP contribution in [0.25, 0.3) is 5.65 Å². The van der Waals surface area contributed by atoms with Crippen molar-refractivity contribution in [3.63, 3.8) is 0 Å². The molecule has 0 radical (unpaired) electrons. The standard InChI is InChI=1S/C18H18ClFN4O/c1-23(9-8-13-2-5-15(20)6-3-13)18(25)21-10-16-12-24-11-14(19)4-7-17(24)22-16/h2-7,11-12H,8-10H2,1H3,(H,21,25). The second-order valence-corrected chi connectivity index (χ2v) is 6.24. The van der Waals surface area contributed by atoms with Gasteiger partial charge in [0.1, 0.15) is 11.5 Å². The van der Waals surface area contributed by atoms with Crippen LogP contribution in [0, 0.1) is 5.82 Å². The Balaban J connectivity index is 1.51. The van der Waals surface area contributed by atoms with Gasteiger partial charge in [-0.15, -0.1) is 0 Å². The zero-order valence-electron chi connectivity index (χ0n) is 13.7. The summed E-state index contributed by atoms with van der Waals surface area (Å²) >= 11 is 5.95. The van der Waals surface area contributed by atoms with Gasteiger partial charge in [0.05, 0.1) is 17.3 Å². The molecule has 2 heterocycles. The number of imidazole rings is 1. The van der Waals surface area contributed by atoms with E-state index in [1.54, 1.807) is 36.3 Å². The fraction of sp³-hybridized carbons (Fsp3) is 0.222. The van der Waals surface area contributed by atoms with E-state index in [2.05, 4.69) is 10.3 Å². The molecule has 2 aromatic heterocycles. The maximum atomic E-state index is 12.9. The molecule has 0 unspecified atom stereocenters. The number of aromatic nitrogens is 2. The minimum atomic E-state index is -0.261. The molecule has 0 saturated heterocycles. The summed E-state index contributed by atoms with van der Waals surface area (Å²) in [6.45, 7) is 0.872.